The van der Waals surface area contributed by atoms with Crippen LogP contribution in [-0.4, -0.2) is 16.9 Å². The van der Waals surface area contributed by atoms with E-state index in [1.807, 2.05) is 18.2 Å². The van der Waals surface area contributed by atoms with Crippen LogP contribution in [0.15, 0.2) is 77.3 Å². The maximum atomic E-state index is 12.3. The summed E-state index contributed by atoms with van der Waals surface area (Å²) in [5.41, 5.74) is 1.65. The van der Waals surface area contributed by atoms with Crippen molar-refractivity contribution in [3.05, 3.63) is 92.9 Å². The number of nitrogens with zero attached hydrogens (tertiary/aromatic N) is 1. The summed E-state index contributed by atoms with van der Waals surface area (Å²) in [4.78, 5) is 34.8. The van der Waals surface area contributed by atoms with Crippen LogP contribution in [0, 0.1) is 10.1 Å². The molecular weight excluding hydrogens is 440 g/mol. The van der Waals surface area contributed by atoms with Crippen LogP contribution in [0.5, 0.6) is 0 Å². The summed E-state index contributed by atoms with van der Waals surface area (Å²) in [5.74, 6) is -0.483. The fourth-order valence-corrected chi connectivity index (χ4v) is 2.84. The van der Waals surface area contributed by atoms with Gasteiger partial charge in [-0.1, -0.05) is 18.2 Å². The zero-order valence-corrected chi connectivity index (χ0v) is 16.5. The number of carbonyl (C=O) groups excluding carboxylic acids is 2. The van der Waals surface area contributed by atoms with E-state index in [1.54, 1.807) is 36.4 Å². The molecule has 146 valence electrons. The molecule has 0 saturated heterocycles. The van der Waals surface area contributed by atoms with E-state index in [9.17, 15) is 19.7 Å². The van der Waals surface area contributed by atoms with Crippen molar-refractivity contribution in [3.8, 4) is 0 Å². The van der Waals surface area contributed by atoms with Gasteiger partial charge in [-0.15, -0.1) is 0 Å². The number of hydrogen-bond donors (Lipinski definition) is 3. The minimum atomic E-state index is -0.568. The van der Waals surface area contributed by atoms with Gasteiger partial charge in [0.05, 0.1) is 9.40 Å². The Morgan fingerprint density at radius 2 is 1.34 bits per heavy atom. The van der Waals surface area contributed by atoms with E-state index in [0.717, 1.165) is 0 Å². The number of anilines is 3. The fourth-order valence-electron chi connectivity index (χ4n) is 2.45. The average Bonchev–Trinajstić information content (AvgIpc) is 2.70. The van der Waals surface area contributed by atoms with Crippen LogP contribution in [0.2, 0.25) is 0 Å². The minimum Gasteiger partial charge on any atom is -0.322 e. The third kappa shape index (κ3) is 5.39. The van der Waals surface area contributed by atoms with Crippen LogP contribution in [0.3, 0.4) is 0 Å². The molecule has 3 N–H and O–H groups in total. The lowest BCUT2D eigenvalue weighted by Gasteiger charge is -2.09. The predicted molar refractivity (Wildman–Crippen MR) is 114 cm³/mol. The second-order valence-corrected chi connectivity index (χ2v) is 6.75. The van der Waals surface area contributed by atoms with Crippen LogP contribution in [0.4, 0.5) is 27.5 Å². The summed E-state index contributed by atoms with van der Waals surface area (Å²) in [6.45, 7) is 0. The Labute approximate surface area is 174 Å². The Hall–Kier alpha value is -3.72. The number of nitro benzene ring substituents is 1. The van der Waals surface area contributed by atoms with Crippen molar-refractivity contribution in [2.75, 3.05) is 16.0 Å². The van der Waals surface area contributed by atoms with Gasteiger partial charge in [0.2, 0.25) is 0 Å². The topological polar surface area (TPSA) is 113 Å². The van der Waals surface area contributed by atoms with E-state index in [0.29, 0.717) is 21.5 Å². The van der Waals surface area contributed by atoms with Gasteiger partial charge in [-0.2, -0.15) is 0 Å². The van der Waals surface area contributed by atoms with E-state index >= 15 is 0 Å². The molecule has 3 aromatic carbocycles. The van der Waals surface area contributed by atoms with E-state index in [1.165, 1.54) is 18.2 Å². The van der Waals surface area contributed by atoms with Gasteiger partial charge in [-0.3, -0.25) is 14.9 Å². The molecule has 0 bridgehead atoms. The van der Waals surface area contributed by atoms with Gasteiger partial charge in [0, 0.05) is 28.7 Å². The van der Waals surface area contributed by atoms with Crippen LogP contribution >= 0.6 is 15.9 Å². The molecule has 0 aliphatic carbocycles. The lowest BCUT2D eigenvalue weighted by atomic mass is 10.2. The third-order valence-corrected chi connectivity index (χ3v) is 4.51. The molecule has 0 fully saturated rings. The number of para-hydroxylation sites is 1. The smallest absolute Gasteiger partial charge is 0.322 e. The third-order valence-electron chi connectivity index (χ3n) is 3.84. The van der Waals surface area contributed by atoms with Gasteiger partial charge >= 0.3 is 6.03 Å². The molecule has 0 spiro atoms. The van der Waals surface area contributed by atoms with Crippen molar-refractivity contribution in [1.29, 1.82) is 0 Å². The molecule has 0 unspecified atom stereocenters. The molecule has 9 heteroatoms. The molecule has 3 amide bonds. The van der Waals surface area contributed by atoms with Gasteiger partial charge in [0.25, 0.3) is 11.6 Å². The average molecular weight is 455 g/mol. The minimum absolute atomic E-state index is 0.157. The van der Waals surface area contributed by atoms with Crippen molar-refractivity contribution >= 4 is 50.6 Å². The van der Waals surface area contributed by atoms with E-state index in [4.69, 9.17) is 0 Å². The monoisotopic (exact) mass is 454 g/mol. The Balaban J connectivity index is 1.61. The normalized spacial score (nSPS) is 10.1. The van der Waals surface area contributed by atoms with Crippen molar-refractivity contribution in [3.63, 3.8) is 0 Å². The molecule has 0 aliphatic rings. The number of hydrogen-bond acceptors (Lipinski definition) is 4. The molecule has 3 aromatic rings. The number of nitro groups is 1. The first-order valence-corrected chi connectivity index (χ1v) is 9.20. The Bertz CT molecular complexity index is 1060. The highest BCUT2D eigenvalue weighted by atomic mass is 79.9. The number of nitrogens with one attached hydrogen (secondary N) is 3. The van der Waals surface area contributed by atoms with Crippen molar-refractivity contribution in [2.45, 2.75) is 0 Å². The van der Waals surface area contributed by atoms with E-state index < -0.39 is 16.9 Å². The van der Waals surface area contributed by atoms with E-state index in [-0.39, 0.29) is 11.3 Å². The van der Waals surface area contributed by atoms with Crippen molar-refractivity contribution < 1.29 is 14.5 Å². The number of carbonyl (C=O) groups is 2. The van der Waals surface area contributed by atoms with Gasteiger partial charge in [0.1, 0.15) is 0 Å². The van der Waals surface area contributed by atoms with Crippen LogP contribution in [0.25, 0.3) is 0 Å². The maximum absolute atomic E-state index is 12.3. The molecular formula is C20H15BrN4O4. The van der Waals surface area contributed by atoms with Gasteiger partial charge in [0.15, 0.2) is 0 Å². The molecule has 0 atom stereocenters. The Morgan fingerprint density at radius 3 is 1.93 bits per heavy atom. The first-order valence-electron chi connectivity index (χ1n) is 8.41. The van der Waals surface area contributed by atoms with Gasteiger partial charge in [-0.05, 0) is 64.5 Å². The zero-order chi connectivity index (χ0) is 20.8. The zero-order valence-electron chi connectivity index (χ0n) is 14.9. The predicted octanol–water partition coefficient (Wildman–Crippen LogP) is 5.25. The number of amides is 3. The molecule has 0 heterocycles. The Kier molecular flexibility index (Phi) is 6.20. The molecule has 3 rings (SSSR count). The fraction of sp³-hybridized carbons (Fsp3) is 0. The van der Waals surface area contributed by atoms with Crippen LogP contribution < -0.4 is 16.0 Å². The molecule has 0 aromatic heterocycles. The molecule has 0 radical (unpaired) electrons. The number of urea groups is 1. The van der Waals surface area contributed by atoms with Crippen molar-refractivity contribution in [2.24, 2.45) is 0 Å². The standard InChI is InChI=1S/C20H15BrN4O4/c21-17-11-6-13(12-18(17)25(28)29)19(26)22-15-7-9-16(10-8-15)24-20(27)23-14-4-2-1-3-5-14/h1-12H,(H,22,26)(H2,23,24,27). The van der Waals surface area contributed by atoms with Gasteiger partial charge in [-0.25, -0.2) is 4.79 Å². The number of halogens is 1. The SMILES string of the molecule is O=C(Nc1ccccc1)Nc1ccc(NC(=O)c2ccc(Br)c([N+](=O)[O-])c2)cc1. The summed E-state index contributed by atoms with van der Waals surface area (Å²) >= 11 is 3.08. The summed E-state index contributed by atoms with van der Waals surface area (Å²) < 4.78 is 0.295. The lowest BCUT2D eigenvalue weighted by molar-refractivity contribution is -0.385. The summed E-state index contributed by atoms with van der Waals surface area (Å²) in [6, 6.07) is 19.2. The van der Waals surface area contributed by atoms with Crippen LogP contribution in [-0.2, 0) is 0 Å². The number of benzene rings is 3. The molecule has 0 aliphatic heterocycles. The largest absolute Gasteiger partial charge is 0.323 e. The summed E-state index contributed by atoms with van der Waals surface area (Å²) in [6.07, 6.45) is 0. The molecule has 0 saturated carbocycles. The molecule has 29 heavy (non-hydrogen) atoms. The maximum Gasteiger partial charge on any atom is 0.323 e. The summed E-state index contributed by atoms with van der Waals surface area (Å²) in [7, 11) is 0. The molecule has 8 nitrogen and oxygen atoms in total. The van der Waals surface area contributed by atoms with Crippen molar-refractivity contribution in [1.82, 2.24) is 0 Å². The number of rotatable bonds is 5. The quantitative estimate of drug-likeness (QED) is 0.360. The second kappa shape index (κ2) is 8.98. The highest BCUT2D eigenvalue weighted by Crippen LogP contribution is 2.26. The lowest BCUT2D eigenvalue weighted by Crippen LogP contribution is -2.19. The Morgan fingerprint density at radius 1 is 0.793 bits per heavy atom. The van der Waals surface area contributed by atoms with Crippen LogP contribution in [0.1, 0.15) is 10.4 Å². The second-order valence-electron chi connectivity index (χ2n) is 5.90. The summed E-state index contributed by atoms with van der Waals surface area (Å²) in [5, 5.41) is 19.0. The van der Waals surface area contributed by atoms with E-state index in [2.05, 4.69) is 31.9 Å². The highest BCUT2D eigenvalue weighted by molar-refractivity contribution is 9.10. The van der Waals surface area contributed by atoms with Gasteiger partial charge < -0.3 is 16.0 Å². The first-order chi connectivity index (χ1) is 13.9. The highest BCUT2D eigenvalue weighted by Gasteiger charge is 2.16. The first kappa shape index (κ1) is 20.0.